The molecule has 29 heavy (non-hydrogen) atoms. The second-order valence-electron chi connectivity index (χ2n) is 6.30. The molecule has 0 fully saturated rings. The van der Waals surface area contributed by atoms with Gasteiger partial charge in [0.25, 0.3) is 5.91 Å². The highest BCUT2D eigenvalue weighted by Gasteiger charge is 2.19. The summed E-state index contributed by atoms with van der Waals surface area (Å²) in [5, 5.41) is 3.20. The summed E-state index contributed by atoms with van der Waals surface area (Å²) in [6, 6.07) is 19.8. The maximum Gasteiger partial charge on any atom is 0.255 e. The van der Waals surface area contributed by atoms with Gasteiger partial charge < -0.3 is 10.1 Å². The van der Waals surface area contributed by atoms with E-state index in [1.54, 1.807) is 54.6 Å². The van der Waals surface area contributed by atoms with Gasteiger partial charge in [-0.2, -0.15) is 0 Å². The molecule has 0 aliphatic heterocycles. The Morgan fingerprint density at radius 3 is 2.28 bits per heavy atom. The van der Waals surface area contributed by atoms with Gasteiger partial charge in [-0.3, -0.25) is 4.79 Å². The molecule has 0 aromatic heterocycles. The van der Waals surface area contributed by atoms with Crippen LogP contribution in [-0.2, 0) is 10.0 Å². The number of rotatable bonds is 6. The van der Waals surface area contributed by atoms with Crippen molar-refractivity contribution in [3.63, 3.8) is 0 Å². The lowest BCUT2D eigenvalue weighted by molar-refractivity contribution is 0.102. The Morgan fingerprint density at radius 1 is 0.931 bits per heavy atom. The van der Waals surface area contributed by atoms with Crippen LogP contribution < -0.4 is 10.1 Å². The molecule has 3 aromatic carbocycles. The van der Waals surface area contributed by atoms with Gasteiger partial charge in [0.05, 0.1) is 15.6 Å². The van der Waals surface area contributed by atoms with Crippen LogP contribution in [0.4, 0.5) is 5.69 Å². The Balaban J connectivity index is 1.86. The number of carbonyl (C=O) groups excluding carboxylic acids is 1. The first-order valence-corrected chi connectivity index (χ1v) is 10.5. The molecule has 0 aliphatic carbocycles. The van der Waals surface area contributed by atoms with Crippen LogP contribution in [0, 0.1) is 0 Å². The highest BCUT2D eigenvalue weighted by Crippen LogP contribution is 2.33. The maximum atomic E-state index is 12.7. The van der Waals surface area contributed by atoms with Gasteiger partial charge in [-0.15, -0.1) is 0 Å². The Kier molecular flexibility index (Phi) is 6.22. The molecular weight excluding hydrogens is 412 g/mol. The van der Waals surface area contributed by atoms with E-state index in [4.69, 9.17) is 16.3 Å². The Bertz CT molecular complexity index is 1150. The van der Waals surface area contributed by atoms with Gasteiger partial charge in [0.2, 0.25) is 10.0 Å². The van der Waals surface area contributed by atoms with Crippen molar-refractivity contribution >= 4 is 33.2 Å². The molecule has 0 radical (unpaired) electrons. The summed E-state index contributed by atoms with van der Waals surface area (Å²) in [6.07, 6.45) is 0. The molecule has 0 saturated heterocycles. The van der Waals surface area contributed by atoms with Gasteiger partial charge >= 0.3 is 0 Å². The van der Waals surface area contributed by atoms with Crippen LogP contribution in [0.25, 0.3) is 0 Å². The van der Waals surface area contributed by atoms with Crippen LogP contribution in [-0.4, -0.2) is 32.7 Å². The number of sulfonamides is 1. The van der Waals surface area contributed by atoms with Gasteiger partial charge in [-0.1, -0.05) is 41.9 Å². The summed E-state index contributed by atoms with van der Waals surface area (Å²) < 4.78 is 31.6. The number of carbonyl (C=O) groups is 1. The van der Waals surface area contributed by atoms with Gasteiger partial charge in [0, 0.05) is 19.7 Å². The summed E-state index contributed by atoms with van der Waals surface area (Å²) in [7, 11) is -0.776. The van der Waals surface area contributed by atoms with E-state index in [9.17, 15) is 13.2 Å². The van der Waals surface area contributed by atoms with Gasteiger partial charge in [0.15, 0.2) is 5.75 Å². The first-order valence-electron chi connectivity index (χ1n) is 8.64. The summed E-state index contributed by atoms with van der Waals surface area (Å²) in [6.45, 7) is 0. The number of nitrogens with zero attached hydrogens (tertiary/aromatic N) is 1. The SMILES string of the molecule is CN(C)S(=O)(=O)c1cccc(C(=O)Nc2ccccc2Oc2ccccc2Cl)c1. The van der Waals surface area contributed by atoms with Crippen LogP contribution in [0.1, 0.15) is 10.4 Å². The molecule has 0 atom stereocenters. The first kappa shape index (κ1) is 20.9. The summed E-state index contributed by atoms with van der Waals surface area (Å²) in [4.78, 5) is 12.8. The van der Waals surface area contributed by atoms with Gasteiger partial charge in [-0.25, -0.2) is 12.7 Å². The third-order valence-corrected chi connectivity index (χ3v) is 6.19. The van der Waals surface area contributed by atoms with E-state index in [1.807, 2.05) is 0 Å². The predicted molar refractivity (Wildman–Crippen MR) is 113 cm³/mol. The Morgan fingerprint density at radius 2 is 1.59 bits per heavy atom. The summed E-state index contributed by atoms with van der Waals surface area (Å²) >= 11 is 6.14. The number of amides is 1. The van der Waals surface area contributed by atoms with Crippen molar-refractivity contribution in [1.82, 2.24) is 4.31 Å². The van der Waals surface area contributed by atoms with E-state index in [2.05, 4.69) is 5.32 Å². The lowest BCUT2D eigenvalue weighted by Gasteiger charge is -2.14. The second-order valence-corrected chi connectivity index (χ2v) is 8.86. The number of hydrogen-bond acceptors (Lipinski definition) is 4. The van der Waals surface area contributed by atoms with Gasteiger partial charge in [0.1, 0.15) is 5.75 Å². The van der Waals surface area contributed by atoms with Crippen molar-refractivity contribution < 1.29 is 17.9 Å². The average molecular weight is 431 g/mol. The van der Waals surface area contributed by atoms with Crippen molar-refractivity contribution in [2.45, 2.75) is 4.90 Å². The monoisotopic (exact) mass is 430 g/mol. The van der Waals surface area contributed by atoms with Crippen LogP contribution in [0.15, 0.2) is 77.7 Å². The molecule has 1 N–H and O–H groups in total. The zero-order valence-corrected chi connectivity index (χ0v) is 17.4. The quantitative estimate of drug-likeness (QED) is 0.618. The molecule has 0 bridgehead atoms. The molecule has 0 saturated carbocycles. The van der Waals surface area contributed by atoms with Gasteiger partial charge in [-0.05, 0) is 42.5 Å². The lowest BCUT2D eigenvalue weighted by atomic mass is 10.2. The van der Waals surface area contributed by atoms with E-state index in [0.29, 0.717) is 22.2 Å². The largest absolute Gasteiger partial charge is 0.454 e. The number of para-hydroxylation sites is 3. The minimum absolute atomic E-state index is 0.0377. The molecule has 0 heterocycles. The fourth-order valence-corrected chi connectivity index (χ4v) is 3.63. The minimum atomic E-state index is -3.65. The van der Waals surface area contributed by atoms with E-state index >= 15 is 0 Å². The zero-order valence-electron chi connectivity index (χ0n) is 15.8. The van der Waals surface area contributed by atoms with E-state index in [1.165, 1.54) is 32.3 Å². The number of ether oxygens (including phenoxy) is 1. The molecular formula is C21H19ClN2O4S. The van der Waals surface area contributed by atoms with Crippen molar-refractivity contribution in [3.8, 4) is 11.5 Å². The molecule has 6 nitrogen and oxygen atoms in total. The number of hydrogen-bond donors (Lipinski definition) is 1. The molecule has 3 aromatic rings. The van der Waals surface area contributed by atoms with E-state index in [0.717, 1.165) is 4.31 Å². The zero-order chi connectivity index (χ0) is 21.0. The summed E-state index contributed by atoms with van der Waals surface area (Å²) in [5.74, 6) is 0.400. The molecule has 150 valence electrons. The lowest BCUT2D eigenvalue weighted by Crippen LogP contribution is -2.22. The van der Waals surface area contributed by atoms with Crippen LogP contribution in [0.2, 0.25) is 5.02 Å². The third kappa shape index (κ3) is 4.76. The molecule has 8 heteroatoms. The third-order valence-electron chi connectivity index (χ3n) is 4.07. The molecule has 1 amide bonds. The molecule has 0 aliphatic rings. The normalized spacial score (nSPS) is 11.3. The second kappa shape index (κ2) is 8.65. The smallest absolute Gasteiger partial charge is 0.255 e. The maximum absolute atomic E-state index is 12.7. The highest BCUT2D eigenvalue weighted by atomic mass is 35.5. The van der Waals surface area contributed by atoms with E-state index < -0.39 is 15.9 Å². The number of benzene rings is 3. The van der Waals surface area contributed by atoms with Crippen LogP contribution in [0.5, 0.6) is 11.5 Å². The Hall–Kier alpha value is -2.87. The van der Waals surface area contributed by atoms with Crippen molar-refractivity contribution in [1.29, 1.82) is 0 Å². The average Bonchev–Trinajstić information content (AvgIpc) is 2.71. The van der Waals surface area contributed by atoms with Crippen LogP contribution >= 0.6 is 11.6 Å². The highest BCUT2D eigenvalue weighted by molar-refractivity contribution is 7.89. The van der Waals surface area contributed by atoms with Crippen molar-refractivity contribution in [2.75, 3.05) is 19.4 Å². The fraction of sp³-hybridized carbons (Fsp3) is 0.0952. The standard InChI is InChI=1S/C21H19ClN2O4S/c1-24(2)29(26,27)16-9-7-8-15(14-16)21(25)23-18-11-4-6-13-20(18)28-19-12-5-3-10-17(19)22/h3-14H,1-2H3,(H,23,25). The molecule has 0 spiro atoms. The molecule has 0 unspecified atom stereocenters. The number of halogens is 1. The van der Waals surface area contributed by atoms with E-state index in [-0.39, 0.29) is 10.5 Å². The Labute approximate surface area is 174 Å². The van der Waals surface area contributed by atoms with Crippen molar-refractivity contribution in [2.24, 2.45) is 0 Å². The topological polar surface area (TPSA) is 75.7 Å². The fourth-order valence-electron chi connectivity index (χ4n) is 2.51. The molecule has 3 rings (SSSR count). The number of nitrogens with one attached hydrogen (secondary N) is 1. The predicted octanol–water partition coefficient (Wildman–Crippen LogP) is 4.63. The first-order chi connectivity index (χ1) is 13.8. The minimum Gasteiger partial charge on any atom is -0.454 e. The van der Waals surface area contributed by atoms with Crippen LogP contribution in [0.3, 0.4) is 0 Å². The number of anilines is 1. The van der Waals surface area contributed by atoms with Crippen molar-refractivity contribution in [3.05, 3.63) is 83.4 Å². The summed E-state index contributed by atoms with van der Waals surface area (Å²) in [5.41, 5.74) is 0.638.